The number of benzene rings is 3. The van der Waals surface area contributed by atoms with E-state index in [1.807, 2.05) is 41.0 Å². The molecule has 0 atom stereocenters. The third kappa shape index (κ3) is 4.06. The molecule has 8 heteroatoms. The zero-order chi connectivity index (χ0) is 20.2. The van der Waals surface area contributed by atoms with Gasteiger partial charge in [-0.2, -0.15) is 0 Å². The first-order chi connectivity index (χ1) is 14.1. The minimum absolute atomic E-state index is 0.0921. The number of nitro benzene ring substituents is 1. The first kappa shape index (κ1) is 18.2. The summed E-state index contributed by atoms with van der Waals surface area (Å²) >= 11 is 0. The van der Waals surface area contributed by atoms with Crippen LogP contribution in [0.25, 0.3) is 16.7 Å². The number of nitrogens with zero attached hydrogens (tertiary/aromatic N) is 3. The topological polar surface area (TPSA) is 99.3 Å². The molecule has 0 aliphatic heterocycles. The van der Waals surface area contributed by atoms with Crippen LogP contribution in [0.4, 0.5) is 11.4 Å². The number of ether oxygens (including phenoxy) is 1. The summed E-state index contributed by atoms with van der Waals surface area (Å²) in [6, 6.07) is 20.9. The zero-order valence-electron chi connectivity index (χ0n) is 15.2. The molecule has 1 amide bonds. The Kier molecular flexibility index (Phi) is 4.90. The van der Waals surface area contributed by atoms with Crippen LogP contribution in [-0.4, -0.2) is 27.0 Å². The van der Waals surface area contributed by atoms with E-state index >= 15 is 0 Å². The van der Waals surface area contributed by atoms with Crippen molar-refractivity contribution in [2.45, 2.75) is 0 Å². The predicted octanol–water partition coefficient (Wildman–Crippen LogP) is 3.95. The maximum atomic E-state index is 12.1. The van der Waals surface area contributed by atoms with Crippen LogP contribution in [0.2, 0.25) is 0 Å². The fourth-order valence-corrected chi connectivity index (χ4v) is 2.90. The fourth-order valence-electron chi connectivity index (χ4n) is 2.90. The van der Waals surface area contributed by atoms with Crippen molar-refractivity contribution >= 4 is 28.3 Å². The Bertz CT molecular complexity index is 1180. The first-order valence-electron chi connectivity index (χ1n) is 8.80. The van der Waals surface area contributed by atoms with Gasteiger partial charge in [0.1, 0.15) is 12.1 Å². The summed E-state index contributed by atoms with van der Waals surface area (Å²) < 4.78 is 7.30. The molecule has 1 aromatic heterocycles. The Morgan fingerprint density at radius 1 is 1.07 bits per heavy atom. The van der Waals surface area contributed by atoms with Crippen molar-refractivity contribution < 1.29 is 14.5 Å². The highest BCUT2D eigenvalue weighted by Gasteiger charge is 2.09. The number of para-hydroxylation sites is 2. The second-order valence-corrected chi connectivity index (χ2v) is 6.24. The summed E-state index contributed by atoms with van der Waals surface area (Å²) in [5.41, 5.74) is 3.35. The Hall–Kier alpha value is -4.20. The molecular formula is C21H16N4O4. The molecule has 0 saturated carbocycles. The van der Waals surface area contributed by atoms with E-state index in [0.717, 1.165) is 16.7 Å². The monoisotopic (exact) mass is 388 g/mol. The number of carbonyl (C=O) groups excluding carboxylic acids is 1. The van der Waals surface area contributed by atoms with E-state index in [1.165, 1.54) is 18.2 Å². The fraction of sp³-hybridized carbons (Fsp3) is 0.0476. The molecule has 1 heterocycles. The van der Waals surface area contributed by atoms with E-state index in [-0.39, 0.29) is 24.0 Å². The SMILES string of the molecule is O=C(COc1cccc([N+](=O)[O-])c1)Nc1ccc(-n2cnc3ccccc32)cc1. The van der Waals surface area contributed by atoms with Gasteiger partial charge in [-0.05, 0) is 42.5 Å². The van der Waals surface area contributed by atoms with Crippen molar-refractivity contribution in [1.29, 1.82) is 0 Å². The molecule has 1 N–H and O–H groups in total. The number of rotatable bonds is 6. The number of aromatic nitrogens is 2. The highest BCUT2D eigenvalue weighted by molar-refractivity contribution is 5.92. The van der Waals surface area contributed by atoms with Crippen LogP contribution in [0.3, 0.4) is 0 Å². The van der Waals surface area contributed by atoms with E-state index < -0.39 is 4.92 Å². The second-order valence-electron chi connectivity index (χ2n) is 6.24. The van der Waals surface area contributed by atoms with E-state index in [2.05, 4.69) is 10.3 Å². The van der Waals surface area contributed by atoms with Crippen LogP contribution in [0.1, 0.15) is 0 Å². The molecule has 4 rings (SSSR count). The third-order valence-corrected chi connectivity index (χ3v) is 4.28. The number of fused-ring (bicyclic) bond motifs is 1. The van der Waals surface area contributed by atoms with Crippen molar-refractivity contribution in [3.05, 3.63) is 89.2 Å². The van der Waals surface area contributed by atoms with Gasteiger partial charge in [-0.15, -0.1) is 0 Å². The molecule has 8 nitrogen and oxygen atoms in total. The molecule has 144 valence electrons. The number of hydrogen-bond acceptors (Lipinski definition) is 5. The third-order valence-electron chi connectivity index (χ3n) is 4.28. The standard InChI is InChI=1S/C21H16N4O4/c26-21(13-29-18-5-3-4-17(12-18)25(27)28)23-15-8-10-16(11-9-15)24-14-22-19-6-1-2-7-20(19)24/h1-12,14H,13H2,(H,23,26). The van der Waals surface area contributed by atoms with Gasteiger partial charge in [-0.1, -0.05) is 18.2 Å². The quantitative estimate of drug-likeness (QED) is 0.398. The average molecular weight is 388 g/mol. The van der Waals surface area contributed by atoms with Gasteiger partial charge in [0.25, 0.3) is 11.6 Å². The number of amides is 1. The van der Waals surface area contributed by atoms with Gasteiger partial charge >= 0.3 is 0 Å². The summed E-state index contributed by atoms with van der Waals surface area (Å²) in [4.78, 5) is 26.7. The Balaban J connectivity index is 1.39. The molecule has 3 aromatic carbocycles. The van der Waals surface area contributed by atoms with Gasteiger partial charge in [0, 0.05) is 17.4 Å². The van der Waals surface area contributed by atoms with E-state index in [9.17, 15) is 14.9 Å². The van der Waals surface area contributed by atoms with Crippen LogP contribution < -0.4 is 10.1 Å². The van der Waals surface area contributed by atoms with Crippen molar-refractivity contribution in [2.75, 3.05) is 11.9 Å². The number of nitrogens with one attached hydrogen (secondary N) is 1. The van der Waals surface area contributed by atoms with Crippen molar-refractivity contribution in [3.63, 3.8) is 0 Å². The van der Waals surface area contributed by atoms with Gasteiger partial charge in [0.2, 0.25) is 0 Å². The first-order valence-corrected chi connectivity index (χ1v) is 8.80. The largest absolute Gasteiger partial charge is 0.484 e. The van der Waals surface area contributed by atoms with Crippen molar-refractivity contribution in [2.24, 2.45) is 0 Å². The summed E-state index contributed by atoms with van der Waals surface area (Å²) in [7, 11) is 0. The zero-order valence-corrected chi connectivity index (χ0v) is 15.2. The van der Waals surface area contributed by atoms with Gasteiger partial charge < -0.3 is 10.1 Å². The van der Waals surface area contributed by atoms with Gasteiger partial charge in [0.05, 0.1) is 22.0 Å². The van der Waals surface area contributed by atoms with Crippen LogP contribution >= 0.6 is 0 Å². The molecular weight excluding hydrogens is 372 g/mol. The van der Waals surface area contributed by atoms with Gasteiger partial charge in [0.15, 0.2) is 6.61 Å². The second kappa shape index (κ2) is 7.81. The van der Waals surface area contributed by atoms with Gasteiger partial charge in [-0.25, -0.2) is 4.98 Å². The molecule has 0 radical (unpaired) electrons. The normalized spacial score (nSPS) is 10.6. The summed E-state index contributed by atoms with van der Waals surface area (Å²) in [5, 5.41) is 13.5. The lowest BCUT2D eigenvalue weighted by Crippen LogP contribution is -2.20. The molecule has 0 bridgehead atoms. The number of nitro groups is 1. The van der Waals surface area contributed by atoms with E-state index in [0.29, 0.717) is 5.69 Å². The summed E-state index contributed by atoms with van der Waals surface area (Å²) in [6.45, 7) is -0.255. The highest BCUT2D eigenvalue weighted by Crippen LogP contribution is 2.21. The average Bonchev–Trinajstić information content (AvgIpc) is 3.17. The van der Waals surface area contributed by atoms with Crippen LogP contribution in [0.15, 0.2) is 79.1 Å². The number of imidazole rings is 1. The van der Waals surface area contributed by atoms with Crippen molar-refractivity contribution in [1.82, 2.24) is 9.55 Å². The summed E-state index contributed by atoms with van der Waals surface area (Å²) in [5.74, 6) is -0.103. The highest BCUT2D eigenvalue weighted by atomic mass is 16.6. The molecule has 0 unspecified atom stereocenters. The Labute approximate surface area is 165 Å². The molecule has 0 spiro atoms. The molecule has 0 aliphatic carbocycles. The lowest BCUT2D eigenvalue weighted by atomic mass is 10.2. The lowest BCUT2D eigenvalue weighted by molar-refractivity contribution is -0.384. The van der Waals surface area contributed by atoms with Crippen LogP contribution in [0.5, 0.6) is 5.75 Å². The van der Waals surface area contributed by atoms with Crippen LogP contribution in [0, 0.1) is 10.1 Å². The van der Waals surface area contributed by atoms with E-state index in [1.54, 1.807) is 24.5 Å². The minimum atomic E-state index is -0.516. The Morgan fingerprint density at radius 3 is 2.66 bits per heavy atom. The van der Waals surface area contributed by atoms with Crippen molar-refractivity contribution in [3.8, 4) is 11.4 Å². The number of anilines is 1. The maximum Gasteiger partial charge on any atom is 0.273 e. The molecule has 0 fully saturated rings. The van der Waals surface area contributed by atoms with Gasteiger partial charge in [-0.3, -0.25) is 19.5 Å². The van der Waals surface area contributed by atoms with E-state index in [4.69, 9.17) is 4.74 Å². The smallest absolute Gasteiger partial charge is 0.273 e. The number of non-ortho nitro benzene ring substituents is 1. The predicted molar refractivity (Wildman–Crippen MR) is 108 cm³/mol. The lowest BCUT2D eigenvalue weighted by Gasteiger charge is -2.09. The summed E-state index contributed by atoms with van der Waals surface area (Å²) in [6.07, 6.45) is 1.76. The molecule has 0 saturated heterocycles. The maximum absolute atomic E-state index is 12.1. The molecule has 4 aromatic rings. The van der Waals surface area contributed by atoms with Crippen LogP contribution in [-0.2, 0) is 4.79 Å². The molecule has 0 aliphatic rings. The minimum Gasteiger partial charge on any atom is -0.484 e. The number of carbonyl (C=O) groups is 1. The molecule has 29 heavy (non-hydrogen) atoms. The Morgan fingerprint density at radius 2 is 1.86 bits per heavy atom. The number of hydrogen-bond donors (Lipinski definition) is 1.